The number of aromatic nitrogens is 1. The second-order valence-corrected chi connectivity index (χ2v) is 10.2. The molecule has 29 heavy (non-hydrogen) atoms. The highest BCUT2D eigenvalue weighted by Crippen LogP contribution is 2.29. The van der Waals surface area contributed by atoms with Crippen LogP contribution in [0.5, 0.6) is 0 Å². The molecule has 0 aromatic carbocycles. The number of β-lactam (4-membered cyclic amide) rings is 1. The van der Waals surface area contributed by atoms with E-state index in [0.717, 1.165) is 18.4 Å². The van der Waals surface area contributed by atoms with Gasteiger partial charge in [0.2, 0.25) is 5.91 Å². The Balaban J connectivity index is 2.21. The number of ether oxygens (including phenoxy) is 1. The average molecular weight is 491 g/mol. The smallest absolute Gasteiger partial charge is 0.363 e. The van der Waals surface area contributed by atoms with Crippen molar-refractivity contribution in [3.8, 4) is 0 Å². The van der Waals surface area contributed by atoms with Gasteiger partial charge in [-0.15, -0.1) is 22.9 Å². The van der Waals surface area contributed by atoms with Crippen LogP contribution in [0, 0.1) is 0 Å². The quantitative estimate of drug-likeness (QED) is 0.220. The van der Waals surface area contributed by atoms with Crippen LogP contribution in [0.2, 0.25) is 0 Å². The molecule has 0 aliphatic carbocycles. The number of methoxy groups -OCH3 is 1. The Morgan fingerprint density at radius 2 is 2.03 bits per heavy atom. The van der Waals surface area contributed by atoms with Crippen molar-refractivity contribution in [2.24, 2.45) is 0 Å². The summed E-state index contributed by atoms with van der Waals surface area (Å²) in [6.07, 6.45) is -0.762. The number of carbonyl (C=O) groups excluding carboxylic acids is 3. The summed E-state index contributed by atoms with van der Waals surface area (Å²) in [5.74, 6) is -3.17. The minimum Gasteiger partial charge on any atom is -0.365 e. The third kappa shape index (κ3) is 5.01. The number of alkyl halides is 1. The molecule has 13 nitrogen and oxygen atoms in total. The van der Waals surface area contributed by atoms with E-state index in [1.54, 1.807) is 0 Å². The Kier molecular flexibility index (Phi) is 6.86. The molecule has 0 radical (unpaired) electrons. The van der Waals surface area contributed by atoms with Crippen molar-refractivity contribution >= 4 is 65.9 Å². The van der Waals surface area contributed by atoms with Gasteiger partial charge in [-0.3, -0.25) is 18.9 Å². The lowest BCUT2D eigenvalue weighted by Crippen LogP contribution is -2.74. The number of carbonyl (C=O) groups is 3. The Labute approximate surface area is 174 Å². The van der Waals surface area contributed by atoms with Crippen LogP contribution in [0.3, 0.4) is 0 Å². The molecule has 3 atom stereocenters. The minimum absolute atomic E-state index is 0.0363. The number of nitrogens with zero attached hydrogens (tertiary/aromatic N) is 2. The first-order chi connectivity index (χ1) is 13.3. The zero-order valence-corrected chi connectivity index (χ0v) is 17.9. The number of hydrogen-bond acceptors (Lipinski definition) is 10. The lowest BCUT2D eigenvalue weighted by Gasteiger charge is -2.42. The Morgan fingerprint density at radius 1 is 1.41 bits per heavy atom. The lowest BCUT2D eigenvalue weighted by atomic mass is 10.1. The number of amides is 3. The summed E-state index contributed by atoms with van der Waals surface area (Å²) >= 11 is 6.32. The minimum atomic E-state index is -5.14. The van der Waals surface area contributed by atoms with Gasteiger partial charge in [0.1, 0.15) is 11.9 Å². The van der Waals surface area contributed by atoms with Crippen molar-refractivity contribution in [2.75, 3.05) is 24.6 Å². The highest BCUT2D eigenvalue weighted by molar-refractivity contribution is 7.93. The van der Waals surface area contributed by atoms with E-state index < -0.39 is 55.4 Å². The van der Waals surface area contributed by atoms with Crippen molar-refractivity contribution in [1.29, 1.82) is 0 Å². The molecule has 3 N–H and O–H groups in total. The fourth-order valence-electron chi connectivity index (χ4n) is 2.44. The largest absolute Gasteiger partial charge is 0.365 e. The highest BCUT2D eigenvalue weighted by Gasteiger charge is 2.59. The molecule has 0 saturated carbocycles. The van der Waals surface area contributed by atoms with E-state index in [-0.39, 0.29) is 21.0 Å². The molecule has 1 aliphatic heterocycles. The summed E-state index contributed by atoms with van der Waals surface area (Å²) in [6, 6.07) is -1.76. The molecule has 1 aliphatic rings. The molecule has 1 saturated heterocycles. The molecule has 3 amide bonds. The van der Waals surface area contributed by atoms with Gasteiger partial charge in [-0.1, -0.05) is 0 Å². The van der Waals surface area contributed by atoms with E-state index in [2.05, 4.69) is 15.6 Å². The molecule has 1 aromatic rings. The predicted molar refractivity (Wildman–Crippen MR) is 100 cm³/mol. The van der Waals surface area contributed by atoms with Crippen LogP contribution >= 0.6 is 22.9 Å². The summed E-state index contributed by atoms with van der Waals surface area (Å²) in [4.78, 5) is 39.7. The van der Waals surface area contributed by atoms with E-state index in [0.29, 0.717) is 6.26 Å². The lowest BCUT2D eigenvalue weighted by molar-refractivity contribution is -0.145. The number of halogens is 1. The maximum absolute atomic E-state index is 12.5. The summed E-state index contributed by atoms with van der Waals surface area (Å²) < 4.78 is 60.0. The second kappa shape index (κ2) is 8.49. The fraction of sp³-hybridized carbons (Fsp3) is 0.500. The maximum Gasteiger partial charge on any atom is 0.363 e. The van der Waals surface area contributed by atoms with Gasteiger partial charge in [0.15, 0.2) is 26.4 Å². The zero-order valence-electron chi connectivity index (χ0n) is 14.7. The first-order valence-corrected chi connectivity index (χ1v) is 12.2. The molecule has 17 heteroatoms. The zero-order chi connectivity index (χ0) is 22.1. The molecule has 162 valence electrons. The van der Waals surface area contributed by atoms with Crippen molar-refractivity contribution in [3.63, 3.8) is 0 Å². The van der Waals surface area contributed by atoms with Crippen molar-refractivity contribution in [2.45, 2.75) is 17.5 Å². The summed E-state index contributed by atoms with van der Waals surface area (Å²) in [6.45, 7) is 0. The van der Waals surface area contributed by atoms with E-state index in [4.69, 9.17) is 20.9 Å². The molecule has 1 aromatic heterocycles. The van der Waals surface area contributed by atoms with Crippen LogP contribution in [0.15, 0.2) is 5.38 Å². The maximum atomic E-state index is 12.5. The summed E-state index contributed by atoms with van der Waals surface area (Å²) in [5.41, 5.74) is 0.0363. The average Bonchev–Trinajstić information content (AvgIpc) is 3.03. The van der Waals surface area contributed by atoms with Crippen molar-refractivity contribution in [3.05, 3.63) is 11.1 Å². The van der Waals surface area contributed by atoms with Gasteiger partial charge in [-0.25, -0.2) is 13.4 Å². The molecular weight excluding hydrogens is 476 g/mol. The van der Waals surface area contributed by atoms with E-state index >= 15 is 0 Å². The number of rotatable bonds is 8. The predicted octanol–water partition coefficient (Wildman–Crippen LogP) is -1.49. The van der Waals surface area contributed by atoms with Gasteiger partial charge >= 0.3 is 10.3 Å². The molecular formula is C12H15ClN4O9S3. The molecule has 2 heterocycles. The van der Waals surface area contributed by atoms with Crippen LogP contribution in [-0.2, 0) is 39.3 Å². The number of nitrogens with one attached hydrogen (secondary N) is 2. The van der Waals surface area contributed by atoms with Crippen LogP contribution in [-0.4, -0.2) is 79.1 Å². The van der Waals surface area contributed by atoms with Crippen LogP contribution in [0.1, 0.15) is 11.8 Å². The molecule has 0 bridgehead atoms. The third-order valence-corrected chi connectivity index (χ3v) is 7.03. The van der Waals surface area contributed by atoms with Crippen LogP contribution < -0.4 is 10.6 Å². The van der Waals surface area contributed by atoms with Gasteiger partial charge in [-0.2, -0.15) is 12.7 Å². The number of sulfone groups is 1. The topological polar surface area (TPSA) is 189 Å². The molecule has 0 spiro atoms. The van der Waals surface area contributed by atoms with Gasteiger partial charge in [0.05, 0.1) is 5.69 Å². The Hall–Kier alpha value is -1.85. The van der Waals surface area contributed by atoms with Crippen molar-refractivity contribution < 1.29 is 40.5 Å². The number of hydrogen-bond donors (Lipinski definition) is 3. The Morgan fingerprint density at radius 3 is 2.52 bits per heavy atom. The van der Waals surface area contributed by atoms with E-state index in [1.807, 2.05) is 0 Å². The van der Waals surface area contributed by atoms with Gasteiger partial charge in [0.25, 0.3) is 11.8 Å². The summed E-state index contributed by atoms with van der Waals surface area (Å²) in [5, 5.41) is 3.92. The standard InChI is InChI=1S/C12H15ClN4O9S3/c1-26-8(5-4-27-12(14-5)15-6(18)3-13)9(19)16-7-10(20)17(29(23,24)25)11(7)28(2,21)22/h4,7-8,11H,3H2,1-2H3,(H,16,19)(H,14,15,18)(H,23,24,25)/t7-,8?,11-/m1/s1. The summed E-state index contributed by atoms with van der Waals surface area (Å²) in [7, 11) is -8.20. The van der Waals surface area contributed by atoms with Gasteiger partial charge in [0, 0.05) is 18.7 Å². The SMILES string of the molecule is COC(C(=O)N[C@@H]1C(=O)N(S(=O)(=O)O)[C@@H]1S(C)(=O)=O)c1csc(NC(=O)CCl)n1. The van der Waals surface area contributed by atoms with Gasteiger partial charge in [-0.05, 0) is 0 Å². The number of anilines is 1. The van der Waals surface area contributed by atoms with Gasteiger partial charge < -0.3 is 15.4 Å². The monoisotopic (exact) mass is 490 g/mol. The van der Waals surface area contributed by atoms with Crippen LogP contribution in [0.25, 0.3) is 0 Å². The first kappa shape index (κ1) is 23.4. The van der Waals surface area contributed by atoms with Crippen LogP contribution in [0.4, 0.5) is 5.13 Å². The van der Waals surface area contributed by atoms with E-state index in [1.165, 1.54) is 5.38 Å². The van der Waals surface area contributed by atoms with Crippen molar-refractivity contribution in [1.82, 2.24) is 14.6 Å². The highest BCUT2D eigenvalue weighted by atomic mass is 35.5. The Bertz CT molecular complexity index is 1040. The molecule has 1 unspecified atom stereocenters. The third-order valence-electron chi connectivity index (χ3n) is 3.62. The fourth-order valence-corrected chi connectivity index (χ4v) is 5.90. The van der Waals surface area contributed by atoms with E-state index in [9.17, 15) is 31.2 Å². The molecule has 1 fully saturated rings. The first-order valence-electron chi connectivity index (χ1n) is 7.45. The molecule has 2 rings (SSSR count). The second-order valence-electron chi connectivity index (χ2n) is 5.69. The number of thiazole rings is 1. The normalized spacial score (nSPS) is 20.7.